The molecule has 2 N–H and O–H groups in total. The lowest BCUT2D eigenvalue weighted by Gasteiger charge is -2.15. The van der Waals surface area contributed by atoms with Gasteiger partial charge in [0.15, 0.2) is 5.96 Å². The van der Waals surface area contributed by atoms with E-state index in [0.717, 1.165) is 5.56 Å². The second-order valence-corrected chi connectivity index (χ2v) is 6.97. The minimum absolute atomic E-state index is 0.403. The Morgan fingerprint density at radius 1 is 1.11 bits per heavy atom. The number of thioether (sulfide) groups is 1. The number of hydrogen-bond acceptors (Lipinski definition) is 5. The molecule has 0 saturated carbocycles. The number of rotatable bonds is 7. The molecule has 28 heavy (non-hydrogen) atoms. The predicted octanol–water partition coefficient (Wildman–Crippen LogP) is 3.38. The first kappa shape index (κ1) is 21.6. The summed E-state index contributed by atoms with van der Waals surface area (Å²) in [4.78, 5) is 17.3. The first-order valence-corrected chi connectivity index (χ1v) is 10.1. The maximum absolute atomic E-state index is 11.8. The first-order chi connectivity index (χ1) is 13.5. The maximum Gasteiger partial charge on any atom is 0.341 e. The number of esters is 1. The van der Waals surface area contributed by atoms with Gasteiger partial charge >= 0.3 is 5.97 Å². The van der Waals surface area contributed by atoms with E-state index >= 15 is 0 Å². The summed E-state index contributed by atoms with van der Waals surface area (Å²) in [5.74, 6) is 0.763. The number of guanidine groups is 1. The van der Waals surface area contributed by atoms with Gasteiger partial charge in [-0.3, -0.25) is 4.99 Å². The van der Waals surface area contributed by atoms with Crippen molar-refractivity contribution in [3.05, 3.63) is 58.7 Å². The molecule has 2 aromatic rings. The van der Waals surface area contributed by atoms with Crippen LogP contribution in [0.3, 0.4) is 0 Å². The number of carbonyl (C=O) groups is 1. The van der Waals surface area contributed by atoms with Crippen LogP contribution in [0.25, 0.3) is 0 Å². The molecule has 7 heteroatoms. The fourth-order valence-electron chi connectivity index (χ4n) is 2.71. The van der Waals surface area contributed by atoms with Gasteiger partial charge in [0.2, 0.25) is 0 Å². The molecule has 0 aliphatic heterocycles. The largest absolute Gasteiger partial charge is 0.496 e. The Labute approximate surface area is 170 Å². The number of benzene rings is 2. The lowest BCUT2D eigenvalue weighted by atomic mass is 10.1. The van der Waals surface area contributed by atoms with E-state index in [1.165, 1.54) is 30.2 Å². The van der Waals surface area contributed by atoms with Crippen molar-refractivity contribution < 1.29 is 14.3 Å². The standard InChI is InChI=1S/C21H27N3O3S/c1-14-6-8-16(19(10-14)28-5)13-24-21(22-2)23-12-15-7-9-17(20(25)27-4)18(11-15)26-3/h6-11H,12-13H2,1-5H3,(H2,22,23,24). The monoisotopic (exact) mass is 401 g/mol. The Hall–Kier alpha value is -2.67. The van der Waals surface area contributed by atoms with Crippen LogP contribution in [0.5, 0.6) is 5.75 Å². The van der Waals surface area contributed by atoms with Crippen LogP contribution >= 0.6 is 11.8 Å². The van der Waals surface area contributed by atoms with Gasteiger partial charge in [0.25, 0.3) is 0 Å². The summed E-state index contributed by atoms with van der Waals surface area (Å²) in [5.41, 5.74) is 3.85. The maximum atomic E-state index is 11.8. The highest BCUT2D eigenvalue weighted by Gasteiger charge is 2.13. The van der Waals surface area contributed by atoms with Crippen LogP contribution in [0.1, 0.15) is 27.0 Å². The molecule has 2 aromatic carbocycles. The quantitative estimate of drug-likeness (QED) is 0.321. The molecule has 0 bridgehead atoms. The Morgan fingerprint density at radius 2 is 1.86 bits per heavy atom. The van der Waals surface area contributed by atoms with Crippen molar-refractivity contribution in [3.8, 4) is 5.75 Å². The van der Waals surface area contributed by atoms with Gasteiger partial charge in [-0.15, -0.1) is 11.8 Å². The van der Waals surface area contributed by atoms with Crippen molar-refractivity contribution in [2.75, 3.05) is 27.5 Å². The van der Waals surface area contributed by atoms with Crippen LogP contribution in [0, 0.1) is 6.92 Å². The molecule has 6 nitrogen and oxygen atoms in total. The number of ether oxygens (including phenoxy) is 2. The molecule has 150 valence electrons. The highest BCUT2D eigenvalue weighted by molar-refractivity contribution is 7.98. The summed E-state index contributed by atoms with van der Waals surface area (Å²) in [6.45, 7) is 3.32. The Morgan fingerprint density at radius 3 is 2.50 bits per heavy atom. The third-order valence-corrected chi connectivity index (χ3v) is 5.06. The van der Waals surface area contributed by atoms with Crippen molar-refractivity contribution in [2.24, 2.45) is 4.99 Å². The summed E-state index contributed by atoms with van der Waals surface area (Å²) < 4.78 is 10.1. The summed E-state index contributed by atoms with van der Waals surface area (Å²) in [5, 5.41) is 6.62. The van der Waals surface area contributed by atoms with Crippen LogP contribution in [-0.4, -0.2) is 39.5 Å². The zero-order valence-corrected chi connectivity index (χ0v) is 17.8. The van der Waals surface area contributed by atoms with Crippen molar-refractivity contribution in [1.82, 2.24) is 10.6 Å². The highest BCUT2D eigenvalue weighted by Crippen LogP contribution is 2.22. The van der Waals surface area contributed by atoms with Gasteiger partial charge in [-0.25, -0.2) is 4.79 Å². The second-order valence-electron chi connectivity index (χ2n) is 6.12. The molecule has 2 rings (SSSR count). The number of nitrogens with one attached hydrogen (secondary N) is 2. The van der Waals surface area contributed by atoms with Crippen molar-refractivity contribution >= 4 is 23.7 Å². The van der Waals surface area contributed by atoms with Crippen LogP contribution < -0.4 is 15.4 Å². The highest BCUT2D eigenvalue weighted by atomic mass is 32.2. The molecule has 0 amide bonds. The lowest BCUT2D eigenvalue weighted by molar-refractivity contribution is 0.0597. The summed E-state index contributed by atoms with van der Waals surface area (Å²) in [6.07, 6.45) is 2.08. The van der Waals surface area contributed by atoms with Gasteiger partial charge in [-0.1, -0.05) is 18.2 Å². The Balaban J connectivity index is 2.00. The molecular weight excluding hydrogens is 374 g/mol. The first-order valence-electron chi connectivity index (χ1n) is 8.85. The molecule has 0 unspecified atom stereocenters. The van der Waals surface area contributed by atoms with Gasteiger partial charge in [-0.05, 0) is 48.1 Å². The number of aliphatic imine (C=N–C) groups is 1. The van der Waals surface area contributed by atoms with E-state index in [9.17, 15) is 4.79 Å². The van der Waals surface area contributed by atoms with Crippen molar-refractivity contribution in [3.63, 3.8) is 0 Å². The lowest BCUT2D eigenvalue weighted by Crippen LogP contribution is -2.36. The third-order valence-electron chi connectivity index (χ3n) is 4.24. The van der Waals surface area contributed by atoms with E-state index in [-0.39, 0.29) is 0 Å². The fraction of sp³-hybridized carbons (Fsp3) is 0.333. The average molecular weight is 402 g/mol. The molecule has 0 aliphatic rings. The normalized spacial score (nSPS) is 11.1. The molecule has 0 heterocycles. The number of carbonyl (C=O) groups excluding carboxylic acids is 1. The molecule has 0 spiro atoms. The van der Waals surface area contributed by atoms with E-state index in [1.54, 1.807) is 24.9 Å². The Bertz CT molecular complexity index is 853. The molecule has 0 aromatic heterocycles. The number of nitrogens with zero attached hydrogens (tertiary/aromatic N) is 1. The van der Waals surface area contributed by atoms with Gasteiger partial charge < -0.3 is 20.1 Å². The van der Waals surface area contributed by atoms with Crippen LogP contribution in [0.15, 0.2) is 46.3 Å². The van der Waals surface area contributed by atoms with Crippen molar-refractivity contribution in [1.29, 1.82) is 0 Å². The van der Waals surface area contributed by atoms with E-state index in [0.29, 0.717) is 30.4 Å². The van der Waals surface area contributed by atoms with Crippen molar-refractivity contribution in [2.45, 2.75) is 24.9 Å². The SMILES string of the molecule is CN=C(NCc1ccc(C(=O)OC)c(OC)c1)NCc1ccc(C)cc1SC. The van der Waals surface area contributed by atoms with Gasteiger partial charge in [0, 0.05) is 25.0 Å². The number of hydrogen-bond donors (Lipinski definition) is 2. The van der Waals surface area contributed by atoms with Crippen LogP contribution in [-0.2, 0) is 17.8 Å². The molecule has 0 saturated heterocycles. The zero-order chi connectivity index (χ0) is 20.5. The van der Waals surface area contributed by atoms with Crippen LogP contribution in [0.4, 0.5) is 0 Å². The fourth-order valence-corrected chi connectivity index (χ4v) is 3.41. The molecule has 0 atom stereocenters. The summed E-state index contributed by atoms with van der Waals surface area (Å²) in [6, 6.07) is 11.8. The summed E-state index contributed by atoms with van der Waals surface area (Å²) >= 11 is 1.74. The zero-order valence-electron chi connectivity index (χ0n) is 17.0. The third kappa shape index (κ3) is 5.66. The van der Waals surface area contributed by atoms with Crippen LogP contribution in [0.2, 0.25) is 0 Å². The minimum Gasteiger partial charge on any atom is -0.496 e. The Kier molecular flexibility index (Phi) is 8.19. The van der Waals surface area contributed by atoms with E-state index in [1.807, 2.05) is 12.1 Å². The van der Waals surface area contributed by atoms with E-state index < -0.39 is 5.97 Å². The molecule has 0 radical (unpaired) electrons. The van der Waals surface area contributed by atoms with Gasteiger partial charge in [0.05, 0.1) is 14.2 Å². The molecular formula is C21H27N3O3S. The topological polar surface area (TPSA) is 72.0 Å². The van der Waals surface area contributed by atoms with Gasteiger partial charge in [-0.2, -0.15) is 0 Å². The van der Waals surface area contributed by atoms with Gasteiger partial charge in [0.1, 0.15) is 11.3 Å². The smallest absolute Gasteiger partial charge is 0.341 e. The second kappa shape index (κ2) is 10.6. The predicted molar refractivity (Wildman–Crippen MR) is 114 cm³/mol. The summed E-state index contributed by atoms with van der Waals surface area (Å²) in [7, 11) is 4.62. The number of aryl methyl sites for hydroxylation is 1. The average Bonchev–Trinajstić information content (AvgIpc) is 2.73. The molecule has 0 aliphatic carbocycles. The molecule has 0 fully saturated rings. The van der Waals surface area contributed by atoms with E-state index in [4.69, 9.17) is 9.47 Å². The number of methoxy groups -OCH3 is 2. The van der Waals surface area contributed by atoms with E-state index in [2.05, 4.69) is 47.0 Å². The minimum atomic E-state index is -0.420.